The van der Waals surface area contributed by atoms with Gasteiger partial charge >= 0.3 is 0 Å². The lowest BCUT2D eigenvalue weighted by Crippen LogP contribution is -2.39. The normalized spacial score (nSPS) is 25.1. The van der Waals surface area contributed by atoms with Crippen molar-refractivity contribution in [2.45, 2.75) is 44.2 Å². The number of nitrogens with two attached hydrogens (primary N) is 1. The highest BCUT2D eigenvalue weighted by atomic mass is 32.2. The van der Waals surface area contributed by atoms with Gasteiger partial charge in [-0.3, -0.25) is 0 Å². The van der Waals surface area contributed by atoms with E-state index in [1.54, 1.807) is 0 Å². The summed E-state index contributed by atoms with van der Waals surface area (Å²) in [5.74, 6) is 0.230. The molecule has 0 spiro atoms. The monoisotopic (exact) mass is 235 g/mol. The predicted molar refractivity (Wildman–Crippen MR) is 60.5 cm³/mol. The van der Waals surface area contributed by atoms with Gasteiger partial charge in [0.15, 0.2) is 0 Å². The predicted octanol–water partition coefficient (Wildman–Crippen LogP) is 0.708. The Hall–Kier alpha value is -0.130. The standard InChI is InChI=1S/C10H21NO3S/c1-15(12,13)8-4-5-9(11)10-6-2-3-7-14-10/h9-10H,2-8,11H2,1H3. The van der Waals surface area contributed by atoms with Crippen molar-refractivity contribution in [3.8, 4) is 0 Å². The summed E-state index contributed by atoms with van der Waals surface area (Å²) in [6, 6.07) is -0.00736. The fraction of sp³-hybridized carbons (Fsp3) is 1.00. The summed E-state index contributed by atoms with van der Waals surface area (Å²) in [5, 5.41) is 0. The van der Waals surface area contributed by atoms with Gasteiger partial charge in [-0.05, 0) is 32.1 Å². The third-order valence-corrected chi connectivity index (χ3v) is 3.78. The Morgan fingerprint density at radius 2 is 2.20 bits per heavy atom. The Balaban J connectivity index is 2.20. The molecule has 0 aromatic carbocycles. The van der Waals surface area contributed by atoms with Crippen molar-refractivity contribution in [1.29, 1.82) is 0 Å². The first-order valence-corrected chi connectivity index (χ1v) is 7.60. The maximum atomic E-state index is 10.9. The molecule has 0 saturated carbocycles. The molecular weight excluding hydrogens is 214 g/mol. The molecule has 0 aliphatic carbocycles. The lowest BCUT2D eigenvalue weighted by atomic mass is 9.99. The van der Waals surface area contributed by atoms with Crippen LogP contribution in [0.25, 0.3) is 0 Å². The second kappa shape index (κ2) is 5.82. The van der Waals surface area contributed by atoms with E-state index in [0.717, 1.165) is 25.9 Å². The fourth-order valence-corrected chi connectivity index (χ4v) is 2.56. The van der Waals surface area contributed by atoms with Gasteiger partial charge in [0, 0.05) is 24.7 Å². The second-order valence-electron chi connectivity index (χ2n) is 4.34. The van der Waals surface area contributed by atoms with Gasteiger partial charge in [0.25, 0.3) is 0 Å². The van der Waals surface area contributed by atoms with Crippen LogP contribution >= 0.6 is 0 Å². The molecule has 2 atom stereocenters. The number of ether oxygens (including phenoxy) is 1. The minimum atomic E-state index is -2.85. The van der Waals surface area contributed by atoms with E-state index in [-0.39, 0.29) is 17.9 Å². The molecular formula is C10H21NO3S. The van der Waals surface area contributed by atoms with Crippen molar-refractivity contribution in [3.05, 3.63) is 0 Å². The second-order valence-corrected chi connectivity index (χ2v) is 6.60. The quantitative estimate of drug-likeness (QED) is 0.762. The molecule has 1 saturated heterocycles. The van der Waals surface area contributed by atoms with Crippen molar-refractivity contribution in [3.63, 3.8) is 0 Å². The summed E-state index contributed by atoms with van der Waals surface area (Å²) in [6.07, 6.45) is 6.07. The van der Waals surface area contributed by atoms with Crippen molar-refractivity contribution in [1.82, 2.24) is 0 Å². The van der Waals surface area contributed by atoms with E-state index in [9.17, 15) is 8.42 Å². The first-order valence-electron chi connectivity index (χ1n) is 5.54. The maximum absolute atomic E-state index is 10.9. The molecule has 2 N–H and O–H groups in total. The van der Waals surface area contributed by atoms with Gasteiger partial charge in [-0.25, -0.2) is 8.42 Å². The van der Waals surface area contributed by atoms with Crippen LogP contribution in [0.15, 0.2) is 0 Å². The van der Waals surface area contributed by atoms with Crippen LogP contribution in [0.1, 0.15) is 32.1 Å². The SMILES string of the molecule is CS(=O)(=O)CCCC(N)C1CCCCO1. The highest BCUT2D eigenvalue weighted by Crippen LogP contribution is 2.17. The maximum Gasteiger partial charge on any atom is 0.147 e. The summed E-state index contributed by atoms with van der Waals surface area (Å²) in [7, 11) is -2.85. The van der Waals surface area contributed by atoms with Crippen LogP contribution in [0, 0.1) is 0 Å². The van der Waals surface area contributed by atoms with Crippen LogP contribution in [0.4, 0.5) is 0 Å². The highest BCUT2D eigenvalue weighted by molar-refractivity contribution is 7.90. The van der Waals surface area contributed by atoms with Gasteiger partial charge in [-0.1, -0.05) is 0 Å². The van der Waals surface area contributed by atoms with Crippen LogP contribution in [0.5, 0.6) is 0 Å². The molecule has 4 nitrogen and oxygen atoms in total. The van der Waals surface area contributed by atoms with Crippen molar-refractivity contribution >= 4 is 9.84 Å². The third kappa shape index (κ3) is 5.49. The molecule has 2 unspecified atom stereocenters. The molecule has 0 amide bonds. The van der Waals surface area contributed by atoms with Gasteiger partial charge in [-0.2, -0.15) is 0 Å². The topological polar surface area (TPSA) is 69.4 Å². The van der Waals surface area contributed by atoms with Gasteiger partial charge in [-0.15, -0.1) is 0 Å². The molecule has 1 aliphatic rings. The lowest BCUT2D eigenvalue weighted by Gasteiger charge is -2.27. The van der Waals surface area contributed by atoms with Crippen LogP contribution in [0.3, 0.4) is 0 Å². The van der Waals surface area contributed by atoms with Gasteiger partial charge in [0.1, 0.15) is 9.84 Å². The molecule has 90 valence electrons. The van der Waals surface area contributed by atoms with Crippen LogP contribution in [-0.4, -0.2) is 39.2 Å². The smallest absolute Gasteiger partial charge is 0.147 e. The minimum absolute atomic E-state index is 0.00736. The summed E-state index contributed by atoms with van der Waals surface area (Å²) in [6.45, 7) is 0.796. The van der Waals surface area contributed by atoms with Gasteiger partial charge < -0.3 is 10.5 Å². The van der Waals surface area contributed by atoms with Crippen LogP contribution < -0.4 is 5.73 Å². The first-order chi connectivity index (χ1) is 6.99. The molecule has 15 heavy (non-hydrogen) atoms. The Morgan fingerprint density at radius 1 is 1.47 bits per heavy atom. The summed E-state index contributed by atoms with van der Waals surface area (Å²) in [5.41, 5.74) is 5.96. The zero-order valence-electron chi connectivity index (χ0n) is 9.31. The van der Waals surface area contributed by atoms with Crippen LogP contribution in [-0.2, 0) is 14.6 Å². The number of hydrogen-bond acceptors (Lipinski definition) is 4. The van der Waals surface area contributed by atoms with Crippen molar-refractivity contribution in [2.24, 2.45) is 5.73 Å². The first kappa shape index (κ1) is 12.9. The molecule has 1 heterocycles. The molecule has 1 fully saturated rings. The third-order valence-electron chi connectivity index (χ3n) is 2.75. The zero-order chi connectivity index (χ0) is 11.3. The minimum Gasteiger partial charge on any atom is -0.377 e. The highest BCUT2D eigenvalue weighted by Gasteiger charge is 2.21. The van der Waals surface area contributed by atoms with E-state index in [2.05, 4.69) is 0 Å². The number of sulfone groups is 1. The Bertz CT molecular complexity index is 270. The van der Waals surface area contributed by atoms with E-state index in [0.29, 0.717) is 6.42 Å². The van der Waals surface area contributed by atoms with Gasteiger partial charge in [0.2, 0.25) is 0 Å². The summed E-state index contributed by atoms with van der Waals surface area (Å²) >= 11 is 0. The van der Waals surface area contributed by atoms with E-state index in [1.165, 1.54) is 12.7 Å². The lowest BCUT2D eigenvalue weighted by molar-refractivity contribution is -0.00108. The number of hydrogen-bond donors (Lipinski definition) is 1. The number of rotatable bonds is 5. The fourth-order valence-electron chi connectivity index (χ4n) is 1.87. The van der Waals surface area contributed by atoms with Crippen molar-refractivity contribution in [2.75, 3.05) is 18.6 Å². The molecule has 1 rings (SSSR count). The Labute approximate surface area is 92.1 Å². The largest absolute Gasteiger partial charge is 0.377 e. The van der Waals surface area contributed by atoms with E-state index < -0.39 is 9.84 Å². The summed E-state index contributed by atoms with van der Waals surface area (Å²) < 4.78 is 27.4. The van der Waals surface area contributed by atoms with Crippen molar-refractivity contribution < 1.29 is 13.2 Å². The molecule has 0 aromatic heterocycles. The molecule has 0 radical (unpaired) electrons. The average Bonchev–Trinajstić information content (AvgIpc) is 2.17. The molecule has 5 heteroatoms. The van der Waals surface area contributed by atoms with E-state index in [1.807, 2.05) is 0 Å². The summed E-state index contributed by atoms with van der Waals surface area (Å²) in [4.78, 5) is 0. The van der Waals surface area contributed by atoms with Crippen LogP contribution in [0.2, 0.25) is 0 Å². The molecule has 0 bridgehead atoms. The van der Waals surface area contributed by atoms with E-state index >= 15 is 0 Å². The molecule has 1 aliphatic heterocycles. The van der Waals surface area contributed by atoms with Gasteiger partial charge in [0.05, 0.1) is 6.10 Å². The zero-order valence-corrected chi connectivity index (χ0v) is 10.1. The average molecular weight is 235 g/mol. The van der Waals surface area contributed by atoms with E-state index in [4.69, 9.17) is 10.5 Å². The Kier molecular flexibility index (Phi) is 5.02. The molecule has 0 aromatic rings. The Morgan fingerprint density at radius 3 is 2.73 bits per heavy atom.